The lowest BCUT2D eigenvalue weighted by atomic mass is 9.92. The molecule has 2 aromatic heterocycles. The van der Waals surface area contributed by atoms with Gasteiger partial charge in [-0.25, -0.2) is 0 Å². The van der Waals surface area contributed by atoms with Gasteiger partial charge in [0.05, 0.1) is 55.7 Å². The van der Waals surface area contributed by atoms with Crippen molar-refractivity contribution in [2.45, 2.75) is 0 Å². The molecule has 0 radical (unpaired) electrons. The van der Waals surface area contributed by atoms with E-state index in [1.807, 2.05) is 118 Å². The van der Waals surface area contributed by atoms with Crippen LogP contribution in [0.2, 0.25) is 0 Å². The van der Waals surface area contributed by atoms with Gasteiger partial charge in [0.15, 0.2) is 0 Å². The van der Waals surface area contributed by atoms with Crippen molar-refractivity contribution in [2.24, 2.45) is 0 Å². The number of nitriles is 4. The monoisotopic (exact) mass is 584 g/mol. The maximum atomic E-state index is 10.6. The van der Waals surface area contributed by atoms with E-state index in [-0.39, 0.29) is 22.3 Å². The summed E-state index contributed by atoms with van der Waals surface area (Å²) in [6.45, 7) is 0. The van der Waals surface area contributed by atoms with Gasteiger partial charge in [0, 0.05) is 32.7 Å². The number of fused-ring (bicyclic) bond motifs is 6. The van der Waals surface area contributed by atoms with Gasteiger partial charge in [-0.15, -0.1) is 0 Å². The molecule has 0 aliphatic carbocycles. The van der Waals surface area contributed by atoms with Gasteiger partial charge in [-0.1, -0.05) is 84.9 Å². The summed E-state index contributed by atoms with van der Waals surface area (Å²) in [5.74, 6) is 0. The second-order valence-corrected chi connectivity index (χ2v) is 11.0. The smallest absolute Gasteiger partial charge is 0.103 e. The molecule has 0 atom stereocenters. The highest BCUT2D eigenvalue weighted by atomic mass is 15.0. The van der Waals surface area contributed by atoms with Crippen LogP contribution in [0.5, 0.6) is 0 Å². The summed E-state index contributed by atoms with van der Waals surface area (Å²) >= 11 is 0. The van der Waals surface area contributed by atoms with Crippen molar-refractivity contribution in [3.05, 3.63) is 144 Å². The van der Waals surface area contributed by atoms with E-state index in [1.165, 1.54) is 0 Å². The van der Waals surface area contributed by atoms with Crippen LogP contribution >= 0.6 is 0 Å². The van der Waals surface area contributed by atoms with Crippen LogP contribution in [0.15, 0.2) is 121 Å². The van der Waals surface area contributed by atoms with Crippen LogP contribution in [0, 0.1) is 45.3 Å². The molecule has 6 nitrogen and oxygen atoms in total. The fourth-order valence-corrected chi connectivity index (χ4v) is 6.82. The molecule has 0 bridgehead atoms. The Bertz CT molecular complexity index is 2450. The third kappa shape index (κ3) is 3.60. The van der Waals surface area contributed by atoms with Crippen molar-refractivity contribution in [2.75, 3.05) is 0 Å². The van der Waals surface area contributed by atoms with Crippen LogP contribution in [0.4, 0.5) is 0 Å². The lowest BCUT2D eigenvalue weighted by molar-refractivity contribution is 1.14. The molecule has 6 aromatic carbocycles. The van der Waals surface area contributed by atoms with Gasteiger partial charge < -0.3 is 9.13 Å². The highest BCUT2D eigenvalue weighted by molar-refractivity contribution is 6.12. The molecular weight excluding hydrogens is 564 g/mol. The van der Waals surface area contributed by atoms with Crippen LogP contribution in [0.1, 0.15) is 22.3 Å². The van der Waals surface area contributed by atoms with Crippen molar-refractivity contribution in [3.63, 3.8) is 0 Å². The fourth-order valence-electron chi connectivity index (χ4n) is 6.82. The molecule has 0 amide bonds. The van der Waals surface area contributed by atoms with E-state index in [1.54, 1.807) is 12.1 Å². The first kappa shape index (κ1) is 26.5. The standard InChI is InChI=1S/C40H20N6/c41-21-25-17-19-31(39(33(25)23-43)45-35-13-5-1-9-27(35)28-10-2-6-14-36(28)45)32-20-18-26(22-42)34(24-44)40(32)46-37-15-7-3-11-29(37)30-12-4-8-16-38(30)46/h1-20H. The third-order valence-corrected chi connectivity index (χ3v) is 8.72. The van der Waals surface area contributed by atoms with Crippen LogP contribution in [0.25, 0.3) is 66.1 Å². The molecule has 0 saturated heterocycles. The molecule has 210 valence electrons. The van der Waals surface area contributed by atoms with E-state index in [0.29, 0.717) is 22.5 Å². The number of rotatable bonds is 3. The maximum absolute atomic E-state index is 10.6. The Hall–Kier alpha value is -7.12. The Morgan fingerprint density at radius 2 is 0.652 bits per heavy atom. The molecule has 46 heavy (non-hydrogen) atoms. The largest absolute Gasteiger partial charge is 0.307 e. The van der Waals surface area contributed by atoms with Crippen LogP contribution in [-0.2, 0) is 0 Å². The van der Waals surface area contributed by atoms with Crippen molar-refractivity contribution >= 4 is 43.6 Å². The second kappa shape index (κ2) is 10.3. The molecule has 0 unspecified atom stereocenters. The number of aromatic nitrogens is 2. The molecule has 0 saturated carbocycles. The van der Waals surface area contributed by atoms with Gasteiger partial charge in [0.2, 0.25) is 0 Å². The van der Waals surface area contributed by atoms with Gasteiger partial charge in [0.1, 0.15) is 24.3 Å². The minimum Gasteiger partial charge on any atom is -0.307 e. The fraction of sp³-hybridized carbons (Fsp3) is 0. The SMILES string of the molecule is N#Cc1ccc(-c2ccc(C#N)c(C#N)c2-n2c3ccccc3c3ccccc32)c(-n2c3ccccc3c3ccccc32)c1C#N. The van der Waals surface area contributed by atoms with Crippen molar-refractivity contribution in [1.82, 2.24) is 9.13 Å². The summed E-state index contributed by atoms with van der Waals surface area (Å²) in [6, 6.07) is 48.1. The third-order valence-electron chi connectivity index (χ3n) is 8.72. The zero-order valence-corrected chi connectivity index (χ0v) is 24.2. The summed E-state index contributed by atoms with van der Waals surface area (Å²) in [5.41, 5.74) is 6.84. The average Bonchev–Trinajstić information content (AvgIpc) is 3.63. The van der Waals surface area contributed by atoms with E-state index in [2.05, 4.69) is 24.3 Å². The van der Waals surface area contributed by atoms with E-state index in [9.17, 15) is 21.0 Å². The van der Waals surface area contributed by atoms with Gasteiger partial charge in [-0.05, 0) is 36.4 Å². The normalized spacial score (nSPS) is 11.0. The highest BCUT2D eigenvalue weighted by Gasteiger charge is 2.26. The van der Waals surface area contributed by atoms with Gasteiger partial charge in [-0.3, -0.25) is 0 Å². The summed E-state index contributed by atoms with van der Waals surface area (Å²) in [7, 11) is 0. The molecule has 0 fully saturated rings. The van der Waals surface area contributed by atoms with Crippen molar-refractivity contribution < 1.29 is 0 Å². The molecule has 0 aliphatic rings. The number of nitrogens with zero attached hydrogens (tertiary/aromatic N) is 6. The van der Waals surface area contributed by atoms with E-state index >= 15 is 0 Å². The Labute approximate surface area is 263 Å². The lowest BCUT2D eigenvalue weighted by Gasteiger charge is -2.21. The second-order valence-electron chi connectivity index (χ2n) is 11.0. The zero-order chi connectivity index (χ0) is 31.4. The van der Waals surface area contributed by atoms with Gasteiger partial charge in [0.25, 0.3) is 0 Å². The van der Waals surface area contributed by atoms with E-state index < -0.39 is 0 Å². The van der Waals surface area contributed by atoms with Crippen molar-refractivity contribution in [3.8, 4) is 46.8 Å². The molecule has 6 heteroatoms. The first-order valence-corrected chi connectivity index (χ1v) is 14.6. The summed E-state index contributed by atoms with van der Waals surface area (Å²) < 4.78 is 4.08. The van der Waals surface area contributed by atoms with Crippen LogP contribution in [0.3, 0.4) is 0 Å². The van der Waals surface area contributed by atoms with Gasteiger partial charge in [-0.2, -0.15) is 21.0 Å². The van der Waals surface area contributed by atoms with E-state index in [4.69, 9.17) is 0 Å². The molecular formula is C40H20N6. The van der Waals surface area contributed by atoms with Crippen molar-refractivity contribution in [1.29, 1.82) is 21.0 Å². The molecule has 0 aliphatic heterocycles. The Balaban J connectivity index is 1.61. The first-order chi connectivity index (χ1) is 22.7. The lowest BCUT2D eigenvalue weighted by Crippen LogP contribution is -2.07. The minimum absolute atomic E-state index is 0.225. The molecule has 8 rings (SSSR count). The quantitative estimate of drug-likeness (QED) is 0.207. The van der Waals surface area contributed by atoms with Crippen LogP contribution < -0.4 is 0 Å². The number of para-hydroxylation sites is 4. The number of hydrogen-bond donors (Lipinski definition) is 0. The first-order valence-electron chi connectivity index (χ1n) is 14.6. The molecule has 2 heterocycles. The van der Waals surface area contributed by atoms with Gasteiger partial charge >= 0.3 is 0 Å². The highest BCUT2D eigenvalue weighted by Crippen LogP contribution is 2.43. The molecule has 0 spiro atoms. The Morgan fingerprint density at radius 3 is 0.935 bits per heavy atom. The maximum Gasteiger partial charge on any atom is 0.103 e. The van der Waals surface area contributed by atoms with Crippen LogP contribution in [-0.4, -0.2) is 9.13 Å². The molecule has 8 aromatic rings. The van der Waals surface area contributed by atoms with E-state index in [0.717, 1.165) is 43.6 Å². The number of benzene rings is 6. The Morgan fingerprint density at radius 1 is 0.348 bits per heavy atom. The summed E-state index contributed by atoms with van der Waals surface area (Å²) in [4.78, 5) is 0. The minimum atomic E-state index is 0.225. The topological polar surface area (TPSA) is 105 Å². The average molecular weight is 585 g/mol. The Kier molecular flexibility index (Phi) is 5.91. The summed E-state index contributed by atoms with van der Waals surface area (Å²) in [5, 5.41) is 45.7. The predicted molar refractivity (Wildman–Crippen MR) is 179 cm³/mol. The zero-order valence-electron chi connectivity index (χ0n) is 24.2. The number of hydrogen-bond acceptors (Lipinski definition) is 4. The predicted octanol–water partition coefficient (Wildman–Crippen LogP) is 9.03. The summed E-state index contributed by atoms with van der Waals surface area (Å²) in [6.07, 6.45) is 0. The molecule has 0 N–H and O–H groups in total.